The fourth-order valence-corrected chi connectivity index (χ4v) is 3.55. The number of likely N-dealkylation sites (tertiary alicyclic amines) is 1. The van der Waals surface area contributed by atoms with E-state index < -0.39 is 18.0 Å². The van der Waals surface area contributed by atoms with Gasteiger partial charge in [-0.15, -0.1) is 0 Å². The lowest BCUT2D eigenvalue weighted by molar-refractivity contribution is -0.188. The molecule has 136 valence electrons. The lowest BCUT2D eigenvalue weighted by atomic mass is 9.96. The van der Waals surface area contributed by atoms with Crippen LogP contribution in [0, 0.1) is 18.8 Å². The normalized spacial score (nSPS) is 24.7. The van der Waals surface area contributed by atoms with E-state index in [0.717, 1.165) is 11.3 Å². The highest BCUT2D eigenvalue weighted by molar-refractivity contribution is 6.00. The molecule has 7 heteroatoms. The molecule has 0 spiro atoms. The molecule has 2 unspecified atom stereocenters. The minimum absolute atomic E-state index is 0.0555. The monoisotopic (exact) mass is 354 g/mol. The Hall–Kier alpha value is -2.05. The van der Waals surface area contributed by atoms with Crippen molar-refractivity contribution in [3.63, 3.8) is 0 Å². The largest absolute Gasteiger partial charge is 0.393 e. The summed E-state index contributed by atoms with van der Waals surface area (Å²) >= 11 is 0. The van der Waals surface area contributed by atoms with E-state index in [1.54, 1.807) is 4.90 Å². The molecule has 4 nitrogen and oxygen atoms in total. The Morgan fingerprint density at radius 2 is 1.84 bits per heavy atom. The highest BCUT2D eigenvalue weighted by Crippen LogP contribution is 2.34. The average molecular weight is 354 g/mol. The SMILES string of the molecule is Cc1ccc(N2CC(C(=O)N3CCCC(C(F)(F)F)C3)CC2=O)cc1. The summed E-state index contributed by atoms with van der Waals surface area (Å²) in [6, 6.07) is 7.41. The Labute approximate surface area is 144 Å². The highest BCUT2D eigenvalue weighted by atomic mass is 19.4. The van der Waals surface area contributed by atoms with Gasteiger partial charge in [-0.1, -0.05) is 17.7 Å². The van der Waals surface area contributed by atoms with Gasteiger partial charge >= 0.3 is 6.18 Å². The van der Waals surface area contributed by atoms with Gasteiger partial charge in [-0.05, 0) is 31.9 Å². The van der Waals surface area contributed by atoms with Gasteiger partial charge in [0.25, 0.3) is 0 Å². The van der Waals surface area contributed by atoms with Crippen molar-refractivity contribution >= 4 is 17.5 Å². The quantitative estimate of drug-likeness (QED) is 0.819. The molecular weight excluding hydrogens is 333 g/mol. The fraction of sp³-hybridized carbons (Fsp3) is 0.556. The van der Waals surface area contributed by atoms with Gasteiger partial charge in [-0.25, -0.2) is 0 Å². The first-order valence-corrected chi connectivity index (χ1v) is 8.48. The summed E-state index contributed by atoms with van der Waals surface area (Å²) in [4.78, 5) is 27.7. The molecule has 0 radical (unpaired) electrons. The molecule has 2 aliphatic rings. The van der Waals surface area contributed by atoms with Gasteiger partial charge in [0.1, 0.15) is 0 Å². The minimum Gasteiger partial charge on any atom is -0.342 e. The van der Waals surface area contributed by atoms with E-state index in [1.807, 2.05) is 31.2 Å². The van der Waals surface area contributed by atoms with Crippen LogP contribution in [0.1, 0.15) is 24.8 Å². The van der Waals surface area contributed by atoms with Gasteiger partial charge in [0.2, 0.25) is 11.8 Å². The molecule has 0 aliphatic carbocycles. The number of halogens is 3. The average Bonchev–Trinajstić information content (AvgIpc) is 2.96. The summed E-state index contributed by atoms with van der Waals surface area (Å²) in [6.45, 7) is 2.21. The molecular formula is C18H21F3N2O2. The minimum atomic E-state index is -4.28. The second kappa shape index (κ2) is 6.69. The van der Waals surface area contributed by atoms with E-state index in [0.29, 0.717) is 13.0 Å². The summed E-state index contributed by atoms with van der Waals surface area (Å²) in [5.41, 5.74) is 1.78. The molecule has 2 atom stereocenters. The first-order valence-electron chi connectivity index (χ1n) is 8.48. The maximum atomic E-state index is 12.9. The molecule has 3 rings (SSSR count). The Morgan fingerprint density at radius 3 is 2.48 bits per heavy atom. The number of carbonyl (C=O) groups is 2. The van der Waals surface area contributed by atoms with Crippen molar-refractivity contribution in [2.24, 2.45) is 11.8 Å². The number of hydrogen-bond acceptors (Lipinski definition) is 2. The van der Waals surface area contributed by atoms with Crippen molar-refractivity contribution in [2.45, 2.75) is 32.4 Å². The van der Waals surface area contributed by atoms with Gasteiger partial charge in [0.15, 0.2) is 0 Å². The predicted molar refractivity (Wildman–Crippen MR) is 87.0 cm³/mol. The van der Waals surface area contributed by atoms with E-state index in [9.17, 15) is 22.8 Å². The van der Waals surface area contributed by atoms with Crippen LogP contribution in [0.3, 0.4) is 0 Å². The molecule has 2 aliphatic heterocycles. The number of benzene rings is 1. The molecule has 25 heavy (non-hydrogen) atoms. The van der Waals surface area contributed by atoms with E-state index >= 15 is 0 Å². The van der Waals surface area contributed by atoms with Crippen LogP contribution in [0.2, 0.25) is 0 Å². The number of piperidine rings is 1. The molecule has 2 saturated heterocycles. The molecule has 1 aromatic rings. The zero-order valence-corrected chi connectivity index (χ0v) is 14.1. The van der Waals surface area contributed by atoms with Crippen molar-refractivity contribution in [1.82, 2.24) is 4.90 Å². The smallest absolute Gasteiger partial charge is 0.342 e. The molecule has 2 amide bonds. The maximum Gasteiger partial charge on any atom is 0.393 e. The van der Waals surface area contributed by atoms with E-state index in [4.69, 9.17) is 0 Å². The first-order chi connectivity index (χ1) is 11.8. The lowest BCUT2D eigenvalue weighted by Crippen LogP contribution is -2.47. The molecule has 0 aromatic heterocycles. The van der Waals surface area contributed by atoms with Crippen LogP contribution in [0.5, 0.6) is 0 Å². The highest BCUT2D eigenvalue weighted by Gasteiger charge is 2.44. The molecule has 0 N–H and O–H groups in total. The van der Waals surface area contributed by atoms with Crippen LogP contribution in [-0.2, 0) is 9.59 Å². The number of alkyl halides is 3. The fourth-order valence-electron chi connectivity index (χ4n) is 3.55. The third-order valence-corrected chi connectivity index (χ3v) is 5.02. The number of carbonyl (C=O) groups excluding carboxylic acids is 2. The number of aryl methyl sites for hydroxylation is 1. The Kier molecular flexibility index (Phi) is 4.75. The number of amides is 2. The second-order valence-corrected chi connectivity index (χ2v) is 6.91. The molecule has 0 bridgehead atoms. The number of nitrogens with zero attached hydrogens (tertiary/aromatic N) is 2. The third kappa shape index (κ3) is 3.80. The number of anilines is 1. The van der Waals surface area contributed by atoms with Crippen LogP contribution in [0.15, 0.2) is 24.3 Å². The first kappa shape index (κ1) is 17.8. The second-order valence-electron chi connectivity index (χ2n) is 6.91. The predicted octanol–water partition coefficient (Wildman–Crippen LogP) is 3.15. The Morgan fingerprint density at radius 1 is 1.16 bits per heavy atom. The molecule has 0 saturated carbocycles. The van der Waals surface area contributed by atoms with Gasteiger partial charge in [-0.3, -0.25) is 9.59 Å². The maximum absolute atomic E-state index is 12.9. The van der Waals surface area contributed by atoms with Gasteiger partial charge < -0.3 is 9.80 Å². The van der Waals surface area contributed by atoms with Crippen LogP contribution >= 0.6 is 0 Å². The third-order valence-electron chi connectivity index (χ3n) is 5.02. The zero-order chi connectivity index (χ0) is 18.2. The standard InChI is InChI=1S/C18H21F3N2O2/c1-12-4-6-15(7-5-12)23-10-13(9-16(23)24)17(25)22-8-2-3-14(11-22)18(19,20)21/h4-7,13-14H,2-3,8-11H2,1H3. The number of rotatable bonds is 2. The zero-order valence-electron chi connectivity index (χ0n) is 14.1. The topological polar surface area (TPSA) is 40.6 Å². The molecule has 2 heterocycles. The van der Waals surface area contributed by atoms with Crippen molar-refractivity contribution in [2.75, 3.05) is 24.5 Å². The van der Waals surface area contributed by atoms with Crippen LogP contribution in [0.4, 0.5) is 18.9 Å². The summed E-state index contributed by atoms with van der Waals surface area (Å²) in [5, 5.41) is 0. The summed E-state index contributed by atoms with van der Waals surface area (Å²) in [5.74, 6) is -2.53. The molecule has 2 fully saturated rings. The summed E-state index contributed by atoms with van der Waals surface area (Å²) in [7, 11) is 0. The number of hydrogen-bond donors (Lipinski definition) is 0. The van der Waals surface area contributed by atoms with Crippen molar-refractivity contribution in [3.05, 3.63) is 29.8 Å². The Balaban J connectivity index is 1.67. The van der Waals surface area contributed by atoms with Gasteiger partial charge in [0.05, 0.1) is 11.8 Å². The van der Waals surface area contributed by atoms with Crippen molar-refractivity contribution < 1.29 is 22.8 Å². The molecule has 1 aromatic carbocycles. The van der Waals surface area contributed by atoms with Crippen LogP contribution < -0.4 is 4.90 Å². The lowest BCUT2D eigenvalue weighted by Gasteiger charge is -2.35. The van der Waals surface area contributed by atoms with Crippen molar-refractivity contribution in [3.8, 4) is 0 Å². The van der Waals surface area contributed by atoms with Gasteiger partial charge in [0, 0.05) is 31.7 Å². The Bertz CT molecular complexity index is 657. The summed E-state index contributed by atoms with van der Waals surface area (Å²) < 4.78 is 38.8. The van der Waals surface area contributed by atoms with E-state index in [1.165, 1.54) is 4.90 Å². The van der Waals surface area contributed by atoms with Crippen LogP contribution in [0.25, 0.3) is 0 Å². The van der Waals surface area contributed by atoms with Gasteiger partial charge in [-0.2, -0.15) is 13.2 Å². The summed E-state index contributed by atoms with van der Waals surface area (Å²) in [6.07, 6.45) is -3.82. The van der Waals surface area contributed by atoms with Crippen LogP contribution in [-0.4, -0.2) is 42.5 Å². The van der Waals surface area contributed by atoms with Crippen molar-refractivity contribution in [1.29, 1.82) is 0 Å². The van der Waals surface area contributed by atoms with E-state index in [2.05, 4.69) is 0 Å². The van der Waals surface area contributed by atoms with E-state index in [-0.39, 0.29) is 37.7 Å².